The van der Waals surface area contributed by atoms with Crippen LogP contribution in [0.25, 0.3) is 10.8 Å². The third kappa shape index (κ3) is 3.79. The highest BCUT2D eigenvalue weighted by Gasteiger charge is 2.05. The van der Waals surface area contributed by atoms with Crippen LogP contribution >= 0.6 is 0 Å². The zero-order valence-corrected chi connectivity index (χ0v) is 14.2. The summed E-state index contributed by atoms with van der Waals surface area (Å²) in [5, 5.41) is 2.58. The van der Waals surface area contributed by atoms with E-state index in [9.17, 15) is 0 Å². The highest BCUT2D eigenvalue weighted by Crippen LogP contribution is 2.22. The topological polar surface area (TPSA) is 12.9 Å². The van der Waals surface area contributed by atoms with Crippen LogP contribution in [0.1, 0.15) is 49.1 Å². The van der Waals surface area contributed by atoms with Gasteiger partial charge in [-0.25, -0.2) is 0 Å². The predicted octanol–water partition coefficient (Wildman–Crippen LogP) is 5.73. The van der Waals surface area contributed by atoms with Crippen LogP contribution in [0.3, 0.4) is 0 Å². The summed E-state index contributed by atoms with van der Waals surface area (Å²) in [7, 11) is 0. The molecule has 0 aliphatic carbocycles. The fraction of sp³-hybridized carbons (Fsp3) is 0.318. The van der Waals surface area contributed by atoms with Crippen LogP contribution < -0.4 is 0 Å². The zero-order valence-electron chi connectivity index (χ0n) is 14.2. The van der Waals surface area contributed by atoms with Gasteiger partial charge in [-0.15, -0.1) is 0 Å². The first-order valence-electron chi connectivity index (χ1n) is 8.74. The maximum atomic E-state index is 4.65. The fourth-order valence-corrected chi connectivity index (χ4v) is 3.03. The molecular formula is C22H25N. The minimum absolute atomic E-state index is 0.901. The molecule has 118 valence electrons. The number of hydrogen-bond acceptors (Lipinski definition) is 1. The summed E-state index contributed by atoms with van der Waals surface area (Å²) in [6.07, 6.45) is 7.60. The van der Waals surface area contributed by atoms with Gasteiger partial charge in [-0.2, -0.15) is 0 Å². The molecule has 0 atom stereocenters. The molecule has 0 saturated carbocycles. The summed E-state index contributed by atoms with van der Waals surface area (Å²) in [6.45, 7) is 4.44. The quantitative estimate of drug-likeness (QED) is 0.566. The summed E-state index contributed by atoms with van der Waals surface area (Å²) >= 11 is 0. The molecule has 1 nitrogen and oxygen atoms in total. The number of benzene rings is 2. The van der Waals surface area contributed by atoms with Gasteiger partial charge in [0.05, 0.1) is 5.69 Å². The Labute approximate surface area is 139 Å². The number of aryl methyl sites for hydroxylation is 2. The molecule has 1 heteroatoms. The number of nitrogens with zero attached hydrogens (tertiary/aromatic N) is 1. The molecule has 23 heavy (non-hydrogen) atoms. The van der Waals surface area contributed by atoms with Gasteiger partial charge in [0.25, 0.3) is 0 Å². The number of hydrogen-bond donors (Lipinski definition) is 0. The lowest BCUT2D eigenvalue weighted by atomic mass is 9.99. The van der Waals surface area contributed by atoms with Crippen LogP contribution in [0.15, 0.2) is 54.7 Å². The van der Waals surface area contributed by atoms with Crippen LogP contribution in [0.5, 0.6) is 0 Å². The summed E-state index contributed by atoms with van der Waals surface area (Å²) < 4.78 is 0. The Hall–Kier alpha value is -2.15. The molecule has 0 spiro atoms. The molecule has 0 fully saturated rings. The van der Waals surface area contributed by atoms with Crippen molar-refractivity contribution in [3.05, 3.63) is 77.1 Å². The van der Waals surface area contributed by atoms with Gasteiger partial charge in [-0.3, -0.25) is 4.98 Å². The van der Waals surface area contributed by atoms with E-state index in [-0.39, 0.29) is 0 Å². The first-order chi connectivity index (χ1) is 11.3. The van der Waals surface area contributed by atoms with Gasteiger partial charge < -0.3 is 0 Å². The second-order valence-electron chi connectivity index (χ2n) is 6.26. The van der Waals surface area contributed by atoms with Crippen molar-refractivity contribution in [1.29, 1.82) is 0 Å². The lowest BCUT2D eigenvalue weighted by Crippen LogP contribution is -1.95. The van der Waals surface area contributed by atoms with Crippen molar-refractivity contribution in [2.24, 2.45) is 0 Å². The van der Waals surface area contributed by atoms with Gasteiger partial charge in [0, 0.05) is 18.0 Å². The summed E-state index contributed by atoms with van der Waals surface area (Å²) in [5.74, 6) is 0. The van der Waals surface area contributed by atoms with Gasteiger partial charge in [0.2, 0.25) is 0 Å². The van der Waals surface area contributed by atoms with Crippen molar-refractivity contribution in [3.63, 3.8) is 0 Å². The summed E-state index contributed by atoms with van der Waals surface area (Å²) in [4.78, 5) is 4.65. The Morgan fingerprint density at radius 1 is 0.826 bits per heavy atom. The van der Waals surface area contributed by atoms with E-state index in [0.717, 1.165) is 12.8 Å². The molecule has 0 unspecified atom stereocenters. The van der Waals surface area contributed by atoms with Crippen LogP contribution in [0.2, 0.25) is 0 Å². The lowest BCUT2D eigenvalue weighted by Gasteiger charge is -2.08. The van der Waals surface area contributed by atoms with E-state index in [4.69, 9.17) is 0 Å². The van der Waals surface area contributed by atoms with Gasteiger partial charge in [-0.05, 0) is 53.5 Å². The van der Waals surface area contributed by atoms with E-state index in [1.54, 1.807) is 0 Å². The van der Waals surface area contributed by atoms with Crippen molar-refractivity contribution in [2.45, 2.75) is 46.0 Å². The number of aromatic nitrogens is 1. The van der Waals surface area contributed by atoms with Crippen molar-refractivity contribution in [3.8, 4) is 0 Å². The maximum Gasteiger partial charge on any atom is 0.0525 e. The molecule has 0 aliphatic rings. The Morgan fingerprint density at radius 3 is 2.30 bits per heavy atom. The lowest BCUT2D eigenvalue weighted by molar-refractivity contribution is 0.794. The van der Waals surface area contributed by atoms with Crippen LogP contribution in [-0.2, 0) is 19.3 Å². The normalized spacial score (nSPS) is 11.0. The SMILES string of the molecule is CCCCc1ccc(Cc2nccc3ccc(CC)cc23)cc1. The van der Waals surface area contributed by atoms with E-state index < -0.39 is 0 Å². The molecule has 0 aliphatic heterocycles. The molecule has 2 aromatic carbocycles. The van der Waals surface area contributed by atoms with Crippen LogP contribution in [-0.4, -0.2) is 4.98 Å². The number of pyridine rings is 1. The average Bonchev–Trinajstić information content (AvgIpc) is 2.61. The van der Waals surface area contributed by atoms with Gasteiger partial charge >= 0.3 is 0 Å². The molecule has 3 aromatic rings. The zero-order chi connectivity index (χ0) is 16.1. The Bertz CT molecular complexity index is 772. The van der Waals surface area contributed by atoms with Gasteiger partial charge in [0.15, 0.2) is 0 Å². The van der Waals surface area contributed by atoms with Crippen molar-refractivity contribution >= 4 is 10.8 Å². The van der Waals surface area contributed by atoms with Crippen molar-refractivity contribution in [1.82, 2.24) is 4.98 Å². The highest BCUT2D eigenvalue weighted by molar-refractivity contribution is 5.85. The van der Waals surface area contributed by atoms with E-state index in [1.165, 1.54) is 52.4 Å². The molecule has 0 radical (unpaired) electrons. The van der Waals surface area contributed by atoms with Crippen molar-refractivity contribution < 1.29 is 0 Å². The van der Waals surface area contributed by atoms with E-state index >= 15 is 0 Å². The molecule has 1 heterocycles. The first kappa shape index (κ1) is 15.7. The maximum absolute atomic E-state index is 4.65. The molecule has 0 N–H and O–H groups in total. The Morgan fingerprint density at radius 2 is 1.57 bits per heavy atom. The predicted molar refractivity (Wildman–Crippen MR) is 99.0 cm³/mol. The number of rotatable bonds is 6. The molecule has 3 rings (SSSR count). The average molecular weight is 303 g/mol. The molecule has 0 amide bonds. The van der Waals surface area contributed by atoms with Gasteiger partial charge in [-0.1, -0.05) is 56.7 Å². The summed E-state index contributed by atoms with van der Waals surface area (Å²) in [6, 6.07) is 17.9. The van der Waals surface area contributed by atoms with E-state index in [1.807, 2.05) is 6.20 Å². The summed E-state index contributed by atoms with van der Waals surface area (Å²) in [5.41, 5.74) is 5.34. The largest absolute Gasteiger partial charge is 0.260 e. The van der Waals surface area contributed by atoms with Crippen LogP contribution in [0, 0.1) is 0 Å². The first-order valence-corrected chi connectivity index (χ1v) is 8.74. The molecule has 1 aromatic heterocycles. The smallest absolute Gasteiger partial charge is 0.0525 e. The van der Waals surface area contributed by atoms with Gasteiger partial charge in [0.1, 0.15) is 0 Å². The van der Waals surface area contributed by atoms with Crippen molar-refractivity contribution in [2.75, 3.05) is 0 Å². The van der Waals surface area contributed by atoms with E-state index in [0.29, 0.717) is 0 Å². The number of fused-ring (bicyclic) bond motifs is 1. The molecule has 0 bridgehead atoms. The third-order valence-electron chi connectivity index (χ3n) is 4.53. The fourth-order valence-electron chi connectivity index (χ4n) is 3.03. The highest BCUT2D eigenvalue weighted by atomic mass is 14.7. The second kappa shape index (κ2) is 7.41. The minimum atomic E-state index is 0.901. The molecule has 0 saturated heterocycles. The number of unbranched alkanes of at least 4 members (excludes halogenated alkanes) is 1. The third-order valence-corrected chi connectivity index (χ3v) is 4.53. The standard InChI is InChI=1S/C22H25N/c1-3-5-6-18-7-9-19(10-8-18)16-22-21-15-17(4-2)11-12-20(21)13-14-23-22/h7-15H,3-6,16H2,1-2H3. The molecular weight excluding hydrogens is 278 g/mol. The Balaban J connectivity index is 1.86. The van der Waals surface area contributed by atoms with E-state index in [2.05, 4.69) is 67.4 Å². The minimum Gasteiger partial charge on any atom is -0.260 e. The monoisotopic (exact) mass is 303 g/mol. The van der Waals surface area contributed by atoms with Crippen LogP contribution in [0.4, 0.5) is 0 Å². The Kier molecular flexibility index (Phi) is 5.07. The second-order valence-corrected chi connectivity index (χ2v) is 6.26.